The summed E-state index contributed by atoms with van der Waals surface area (Å²) in [6.07, 6.45) is 3.67. The molecule has 0 radical (unpaired) electrons. The van der Waals surface area contributed by atoms with Gasteiger partial charge in [-0.15, -0.1) is 0 Å². The van der Waals surface area contributed by atoms with E-state index in [0.717, 1.165) is 104 Å². The summed E-state index contributed by atoms with van der Waals surface area (Å²) in [6.45, 7) is 26.1. The monoisotopic (exact) mass is 718 g/mol. The molecular weight excluding hydrogens is 661 g/mol. The molecule has 0 saturated heterocycles. The van der Waals surface area contributed by atoms with Gasteiger partial charge in [0.05, 0.1) is 31.8 Å². The van der Waals surface area contributed by atoms with Gasteiger partial charge in [0.1, 0.15) is 22.6 Å². The molecule has 0 atom stereocenters. The lowest BCUT2D eigenvalue weighted by Crippen LogP contribution is -2.35. The van der Waals surface area contributed by atoms with E-state index in [9.17, 15) is 9.59 Å². The summed E-state index contributed by atoms with van der Waals surface area (Å²) in [7, 11) is 0. The molecule has 0 aliphatic heterocycles. The number of ether oxygens (including phenoxy) is 4. The smallest absolute Gasteiger partial charge is 0.342 e. The van der Waals surface area contributed by atoms with E-state index in [1.54, 1.807) is 0 Å². The first-order valence-corrected chi connectivity index (χ1v) is 19.4. The first-order chi connectivity index (χ1) is 25.3. The molecule has 0 aromatic heterocycles. The maximum Gasteiger partial charge on any atom is 0.342 e. The van der Waals surface area contributed by atoms with Crippen LogP contribution in [0, 0.1) is 55.4 Å². The van der Waals surface area contributed by atoms with Crippen LogP contribution in [0.3, 0.4) is 0 Å². The van der Waals surface area contributed by atoms with Gasteiger partial charge in [-0.25, -0.2) is 9.59 Å². The molecule has 1 aliphatic rings. The minimum absolute atomic E-state index is 0.240. The highest BCUT2D eigenvalue weighted by Gasteiger charge is 2.51. The Bertz CT molecular complexity index is 1900. The van der Waals surface area contributed by atoms with Crippen LogP contribution in [0.4, 0.5) is 0 Å². The summed E-state index contributed by atoms with van der Waals surface area (Å²) >= 11 is 0. The Hall–Kier alpha value is -4.58. The average molecular weight is 719 g/mol. The zero-order valence-corrected chi connectivity index (χ0v) is 34.1. The lowest BCUT2D eigenvalue weighted by Gasteiger charge is -2.41. The Morgan fingerprint density at radius 3 is 1.25 bits per heavy atom. The molecule has 5 rings (SSSR count). The summed E-state index contributed by atoms with van der Waals surface area (Å²) in [5, 5.41) is 0. The first-order valence-electron chi connectivity index (χ1n) is 19.4. The van der Waals surface area contributed by atoms with E-state index in [1.807, 2.05) is 27.7 Å². The largest absolute Gasteiger partial charge is 0.492 e. The standard InChI is InChI=1S/C47H58O6/c1-13-17-23-52-43-31(9)29(7)41(33(11)39(43)45(48)50-15-3)47(37-25-27(5)19-21-35(37)36-22-20-28(6)26-38(36)47)42-30(8)32(10)44(53-24-18-14-2)40(34(42)12)46(49)51-16-4/h19-22,25-26H,13-18,23-24H2,1-12H3. The first kappa shape index (κ1) is 39.6. The fraction of sp³-hybridized carbons (Fsp3) is 0.447. The van der Waals surface area contributed by atoms with Gasteiger partial charge < -0.3 is 18.9 Å². The van der Waals surface area contributed by atoms with Gasteiger partial charge in [-0.05, 0) is 149 Å². The van der Waals surface area contributed by atoms with E-state index >= 15 is 0 Å². The van der Waals surface area contributed by atoms with Gasteiger partial charge in [0, 0.05) is 0 Å². The summed E-state index contributed by atoms with van der Waals surface area (Å²) < 4.78 is 24.6. The van der Waals surface area contributed by atoms with Crippen molar-refractivity contribution < 1.29 is 28.5 Å². The van der Waals surface area contributed by atoms with Crippen LogP contribution < -0.4 is 9.47 Å². The molecule has 0 N–H and O–H groups in total. The van der Waals surface area contributed by atoms with Gasteiger partial charge in [-0.3, -0.25) is 0 Å². The molecule has 0 heterocycles. The highest BCUT2D eigenvalue weighted by molar-refractivity contribution is 5.99. The van der Waals surface area contributed by atoms with E-state index in [-0.39, 0.29) is 13.2 Å². The number of rotatable bonds is 14. The second-order valence-electron chi connectivity index (χ2n) is 14.6. The molecule has 6 nitrogen and oxygen atoms in total. The maximum absolute atomic E-state index is 14.2. The van der Waals surface area contributed by atoms with Crippen LogP contribution >= 0.6 is 0 Å². The van der Waals surface area contributed by atoms with E-state index in [1.165, 1.54) is 0 Å². The molecule has 6 heteroatoms. The third kappa shape index (κ3) is 6.64. The highest BCUT2D eigenvalue weighted by atomic mass is 16.5. The topological polar surface area (TPSA) is 71.1 Å². The molecule has 0 unspecified atom stereocenters. The van der Waals surface area contributed by atoms with Crippen LogP contribution in [0.15, 0.2) is 36.4 Å². The van der Waals surface area contributed by atoms with Crippen LogP contribution in [-0.4, -0.2) is 38.4 Å². The number of unbranched alkanes of at least 4 members (excludes halogenated alkanes) is 2. The number of carbonyl (C=O) groups excluding carboxylic acids is 2. The van der Waals surface area contributed by atoms with E-state index in [0.29, 0.717) is 35.8 Å². The minimum Gasteiger partial charge on any atom is -0.492 e. The minimum atomic E-state index is -0.938. The molecule has 1 aliphatic carbocycles. The molecule has 53 heavy (non-hydrogen) atoms. The predicted molar refractivity (Wildman–Crippen MR) is 214 cm³/mol. The number of carbonyl (C=O) groups is 2. The second-order valence-corrected chi connectivity index (χ2v) is 14.6. The number of benzene rings is 4. The molecule has 0 fully saturated rings. The van der Waals surface area contributed by atoms with Crippen molar-refractivity contribution in [2.45, 2.75) is 114 Å². The predicted octanol–water partition coefficient (Wildman–Crippen LogP) is 11.2. The van der Waals surface area contributed by atoms with Crippen LogP contribution in [-0.2, 0) is 14.9 Å². The van der Waals surface area contributed by atoms with Crippen molar-refractivity contribution >= 4 is 11.9 Å². The summed E-state index contributed by atoms with van der Waals surface area (Å²) in [5.74, 6) is 0.349. The molecular formula is C47H58O6. The van der Waals surface area contributed by atoms with Crippen molar-refractivity contribution in [1.29, 1.82) is 0 Å². The number of aryl methyl sites for hydroxylation is 2. The van der Waals surface area contributed by atoms with Crippen LogP contribution in [0.2, 0.25) is 0 Å². The fourth-order valence-corrected chi connectivity index (χ4v) is 8.48. The zero-order valence-electron chi connectivity index (χ0n) is 34.1. The Labute approximate surface area is 317 Å². The van der Waals surface area contributed by atoms with Crippen molar-refractivity contribution in [2.24, 2.45) is 0 Å². The summed E-state index contributed by atoms with van der Waals surface area (Å²) in [4.78, 5) is 28.4. The van der Waals surface area contributed by atoms with Crippen molar-refractivity contribution in [2.75, 3.05) is 26.4 Å². The van der Waals surface area contributed by atoms with Crippen molar-refractivity contribution in [3.8, 4) is 22.6 Å². The lowest BCUT2D eigenvalue weighted by atomic mass is 9.61. The summed E-state index contributed by atoms with van der Waals surface area (Å²) in [6, 6.07) is 13.4. The van der Waals surface area contributed by atoms with Gasteiger partial charge in [0.2, 0.25) is 0 Å². The van der Waals surface area contributed by atoms with Crippen LogP contribution in [0.1, 0.15) is 141 Å². The summed E-state index contributed by atoms with van der Waals surface area (Å²) in [5.41, 5.74) is 14.1. The molecule has 4 aromatic carbocycles. The molecule has 0 bridgehead atoms. The Morgan fingerprint density at radius 2 is 0.906 bits per heavy atom. The van der Waals surface area contributed by atoms with E-state index in [2.05, 4.69) is 91.8 Å². The van der Waals surface area contributed by atoms with Gasteiger partial charge in [-0.2, -0.15) is 0 Å². The van der Waals surface area contributed by atoms with Gasteiger partial charge >= 0.3 is 11.9 Å². The Morgan fingerprint density at radius 1 is 0.528 bits per heavy atom. The second kappa shape index (κ2) is 16.2. The van der Waals surface area contributed by atoms with Crippen LogP contribution in [0.25, 0.3) is 11.1 Å². The molecule has 0 spiro atoms. The number of esters is 2. The highest BCUT2D eigenvalue weighted by Crippen LogP contribution is 2.61. The van der Waals surface area contributed by atoms with Gasteiger partial charge in [-0.1, -0.05) is 74.2 Å². The SMILES string of the molecule is CCCCOc1c(C)c(C)c(C2(c3c(C)c(C)c(OCCCC)c(C(=O)OCC)c3C)c3cc(C)ccc3-c3ccc(C)cc32)c(C)c1C(=O)OCC. The van der Waals surface area contributed by atoms with Gasteiger partial charge in [0.15, 0.2) is 0 Å². The fourth-order valence-electron chi connectivity index (χ4n) is 8.48. The third-order valence-electron chi connectivity index (χ3n) is 11.2. The van der Waals surface area contributed by atoms with Crippen molar-refractivity contribution in [3.05, 3.63) is 114 Å². The van der Waals surface area contributed by atoms with Crippen molar-refractivity contribution in [1.82, 2.24) is 0 Å². The number of hydrogen-bond donors (Lipinski definition) is 0. The van der Waals surface area contributed by atoms with Crippen LogP contribution in [0.5, 0.6) is 11.5 Å². The van der Waals surface area contributed by atoms with E-state index < -0.39 is 17.4 Å². The van der Waals surface area contributed by atoms with Gasteiger partial charge in [0.25, 0.3) is 0 Å². The van der Waals surface area contributed by atoms with Crippen molar-refractivity contribution in [3.63, 3.8) is 0 Å². The molecule has 0 amide bonds. The molecule has 4 aromatic rings. The Kier molecular flexibility index (Phi) is 12.1. The average Bonchev–Trinajstić information content (AvgIpc) is 3.38. The Balaban J connectivity index is 2.09. The molecule has 0 saturated carbocycles. The quantitative estimate of drug-likeness (QED) is 0.0841. The zero-order chi connectivity index (χ0) is 38.8. The third-order valence-corrected chi connectivity index (χ3v) is 11.2. The van der Waals surface area contributed by atoms with E-state index in [4.69, 9.17) is 18.9 Å². The normalized spacial score (nSPS) is 12.7. The number of hydrogen-bond acceptors (Lipinski definition) is 6. The number of fused-ring (bicyclic) bond motifs is 3. The maximum atomic E-state index is 14.2. The molecule has 282 valence electrons. The lowest BCUT2D eigenvalue weighted by molar-refractivity contribution is 0.0510.